The molecule has 1 aliphatic rings. The van der Waals surface area contributed by atoms with Crippen LogP contribution >= 0.6 is 35.4 Å². The third kappa shape index (κ3) is 3.86. The fourth-order valence-electron chi connectivity index (χ4n) is 3.79. The smallest absolute Gasteiger partial charge is 0.270 e. The van der Waals surface area contributed by atoms with Gasteiger partial charge in [0.05, 0.1) is 15.7 Å². The van der Waals surface area contributed by atoms with Crippen molar-refractivity contribution in [3.05, 3.63) is 86.7 Å². The maximum atomic E-state index is 13.3. The number of anilines is 1. The summed E-state index contributed by atoms with van der Waals surface area (Å²) in [4.78, 5) is 27.2. The van der Waals surface area contributed by atoms with Gasteiger partial charge < -0.3 is 4.57 Å². The molecule has 8 heteroatoms. The molecule has 3 aromatic rings. The lowest BCUT2D eigenvalue weighted by Crippen LogP contribution is -2.54. The number of halogens is 2. The van der Waals surface area contributed by atoms with E-state index < -0.39 is 11.8 Å². The summed E-state index contributed by atoms with van der Waals surface area (Å²) in [7, 11) is 0. The molecule has 2 amide bonds. The monoisotopic (exact) mass is 483 g/mol. The van der Waals surface area contributed by atoms with Gasteiger partial charge >= 0.3 is 0 Å². The molecule has 0 radical (unpaired) electrons. The quantitative estimate of drug-likeness (QED) is 0.302. The molecule has 1 aromatic heterocycles. The molecule has 0 atom stereocenters. The van der Waals surface area contributed by atoms with Crippen LogP contribution in [0.15, 0.2) is 54.1 Å². The highest BCUT2D eigenvalue weighted by atomic mass is 35.5. The molecule has 162 valence electrons. The van der Waals surface area contributed by atoms with Gasteiger partial charge in [0.25, 0.3) is 11.8 Å². The zero-order valence-electron chi connectivity index (χ0n) is 17.6. The Morgan fingerprint density at radius 2 is 1.72 bits per heavy atom. The number of nitrogens with zero attached hydrogens (tertiary/aromatic N) is 2. The Hall–Kier alpha value is -2.93. The van der Waals surface area contributed by atoms with Crippen LogP contribution in [-0.4, -0.2) is 21.5 Å². The van der Waals surface area contributed by atoms with E-state index in [2.05, 4.69) is 16.0 Å². The number of aromatic nitrogens is 1. The third-order valence-electron chi connectivity index (χ3n) is 5.30. The minimum absolute atomic E-state index is 0.0425. The number of rotatable bonds is 3. The van der Waals surface area contributed by atoms with Crippen molar-refractivity contribution >= 4 is 64.1 Å². The van der Waals surface area contributed by atoms with Gasteiger partial charge in [0.1, 0.15) is 5.57 Å². The summed E-state index contributed by atoms with van der Waals surface area (Å²) in [6.45, 7) is 5.96. The number of carbonyl (C=O) groups excluding carboxylic acids is 2. The van der Waals surface area contributed by atoms with Gasteiger partial charge in [-0.3, -0.25) is 19.8 Å². The van der Waals surface area contributed by atoms with E-state index in [1.807, 2.05) is 45.0 Å². The topological polar surface area (TPSA) is 54.3 Å². The number of aryl methyl sites for hydroxylation is 2. The summed E-state index contributed by atoms with van der Waals surface area (Å²) < 4.78 is 2.08. The summed E-state index contributed by atoms with van der Waals surface area (Å²) in [5.41, 5.74) is 5.06. The Morgan fingerprint density at radius 1 is 1.00 bits per heavy atom. The van der Waals surface area contributed by atoms with Crippen molar-refractivity contribution in [3.63, 3.8) is 0 Å². The first-order chi connectivity index (χ1) is 15.2. The molecular weight excluding hydrogens is 465 g/mol. The first kappa shape index (κ1) is 22.3. The highest BCUT2D eigenvalue weighted by molar-refractivity contribution is 7.80. The van der Waals surface area contributed by atoms with Crippen LogP contribution in [0.3, 0.4) is 0 Å². The molecule has 4 rings (SSSR count). The molecule has 5 nitrogen and oxygen atoms in total. The van der Waals surface area contributed by atoms with Crippen molar-refractivity contribution in [1.29, 1.82) is 0 Å². The van der Waals surface area contributed by atoms with E-state index in [4.69, 9.17) is 35.4 Å². The number of hydrogen-bond donors (Lipinski definition) is 1. The van der Waals surface area contributed by atoms with E-state index in [1.165, 1.54) is 4.90 Å². The zero-order chi connectivity index (χ0) is 23.2. The Bertz CT molecular complexity index is 1330. The van der Waals surface area contributed by atoms with Gasteiger partial charge in [0.15, 0.2) is 5.11 Å². The fraction of sp³-hybridized carbons (Fsp3) is 0.125. The predicted molar refractivity (Wildman–Crippen MR) is 133 cm³/mol. The molecule has 1 fully saturated rings. The van der Waals surface area contributed by atoms with Crippen molar-refractivity contribution < 1.29 is 9.59 Å². The lowest BCUT2D eigenvalue weighted by molar-refractivity contribution is -0.122. The van der Waals surface area contributed by atoms with E-state index in [-0.39, 0.29) is 20.7 Å². The van der Waals surface area contributed by atoms with Crippen LogP contribution in [0.5, 0.6) is 0 Å². The molecule has 0 aliphatic carbocycles. The molecule has 0 bridgehead atoms. The summed E-state index contributed by atoms with van der Waals surface area (Å²) >= 11 is 17.7. The van der Waals surface area contributed by atoms with Crippen molar-refractivity contribution in [3.8, 4) is 5.69 Å². The summed E-state index contributed by atoms with van der Waals surface area (Å²) in [6.07, 6.45) is 1.58. The number of benzene rings is 2. The SMILES string of the molecule is Cc1cccc(-n2c(C)cc(/C=C3\C(=O)NC(=S)N(c4cccc(Cl)c4Cl)C3=O)c2C)c1. The van der Waals surface area contributed by atoms with Gasteiger partial charge in [0.2, 0.25) is 0 Å². The number of amides is 2. The van der Waals surface area contributed by atoms with Gasteiger partial charge in [-0.1, -0.05) is 41.4 Å². The fourth-order valence-corrected chi connectivity index (χ4v) is 4.45. The van der Waals surface area contributed by atoms with Crippen LogP contribution in [0.2, 0.25) is 10.0 Å². The lowest BCUT2D eigenvalue weighted by atomic mass is 10.1. The largest absolute Gasteiger partial charge is 0.318 e. The van der Waals surface area contributed by atoms with Crippen LogP contribution in [0.1, 0.15) is 22.5 Å². The number of nitrogens with one attached hydrogen (secondary N) is 1. The Balaban J connectivity index is 1.79. The normalized spacial score (nSPS) is 15.5. The van der Waals surface area contributed by atoms with Crippen molar-refractivity contribution in [2.24, 2.45) is 0 Å². The predicted octanol–water partition coefficient (Wildman–Crippen LogP) is 5.54. The van der Waals surface area contributed by atoms with E-state index in [9.17, 15) is 9.59 Å². The van der Waals surface area contributed by atoms with Gasteiger partial charge in [-0.2, -0.15) is 0 Å². The second-order valence-corrected chi connectivity index (χ2v) is 8.70. The van der Waals surface area contributed by atoms with Crippen LogP contribution in [0, 0.1) is 20.8 Å². The van der Waals surface area contributed by atoms with Crippen LogP contribution in [-0.2, 0) is 9.59 Å². The average Bonchev–Trinajstić information content (AvgIpc) is 3.01. The van der Waals surface area contributed by atoms with Crippen LogP contribution in [0.4, 0.5) is 5.69 Å². The van der Waals surface area contributed by atoms with E-state index >= 15 is 0 Å². The molecule has 0 saturated carbocycles. The second-order valence-electron chi connectivity index (χ2n) is 7.53. The van der Waals surface area contributed by atoms with E-state index in [1.54, 1.807) is 24.3 Å². The highest BCUT2D eigenvalue weighted by Crippen LogP contribution is 2.34. The minimum atomic E-state index is -0.566. The molecule has 1 N–H and O–H groups in total. The lowest BCUT2D eigenvalue weighted by Gasteiger charge is -2.29. The van der Waals surface area contributed by atoms with Gasteiger partial charge in [-0.15, -0.1) is 0 Å². The Morgan fingerprint density at radius 3 is 2.44 bits per heavy atom. The summed E-state index contributed by atoms with van der Waals surface area (Å²) in [5.74, 6) is -1.13. The maximum Gasteiger partial charge on any atom is 0.270 e. The van der Waals surface area contributed by atoms with Crippen LogP contribution in [0.25, 0.3) is 11.8 Å². The Labute approximate surface area is 201 Å². The van der Waals surface area contributed by atoms with Gasteiger partial charge in [0, 0.05) is 17.1 Å². The first-order valence-corrected chi connectivity index (χ1v) is 11.0. The molecule has 1 aliphatic heterocycles. The summed E-state index contributed by atoms with van der Waals surface area (Å²) in [6, 6.07) is 15.0. The van der Waals surface area contributed by atoms with Gasteiger partial charge in [-0.25, -0.2) is 0 Å². The highest BCUT2D eigenvalue weighted by Gasteiger charge is 2.36. The molecule has 0 unspecified atom stereocenters. The maximum absolute atomic E-state index is 13.3. The average molecular weight is 484 g/mol. The van der Waals surface area contributed by atoms with Gasteiger partial charge in [-0.05, 0) is 80.5 Å². The number of thiocarbonyl (C=S) groups is 1. The van der Waals surface area contributed by atoms with Crippen LogP contribution < -0.4 is 10.2 Å². The van der Waals surface area contributed by atoms with Crippen molar-refractivity contribution in [2.45, 2.75) is 20.8 Å². The molecule has 0 spiro atoms. The first-order valence-electron chi connectivity index (χ1n) is 9.80. The standard InChI is InChI=1S/C24H19Cl2N3O2S/c1-13-6-4-7-17(10-13)28-14(2)11-16(15(28)3)12-18-22(30)27-24(32)29(23(18)31)20-9-5-8-19(25)21(20)26/h4-12H,1-3H3,(H,27,30,32)/b18-12+. The number of carbonyl (C=O) groups is 2. The van der Waals surface area contributed by atoms with Crippen molar-refractivity contribution in [2.75, 3.05) is 4.90 Å². The molecule has 2 heterocycles. The Kier molecular flexibility index (Phi) is 5.95. The van der Waals surface area contributed by atoms with E-state index in [0.717, 1.165) is 28.2 Å². The molecule has 2 aromatic carbocycles. The zero-order valence-corrected chi connectivity index (χ0v) is 19.9. The third-order valence-corrected chi connectivity index (χ3v) is 6.40. The molecule has 1 saturated heterocycles. The molecular formula is C24H19Cl2N3O2S. The van der Waals surface area contributed by atoms with E-state index in [0.29, 0.717) is 5.69 Å². The molecule has 32 heavy (non-hydrogen) atoms. The number of hydrogen-bond acceptors (Lipinski definition) is 3. The second kappa shape index (κ2) is 8.54. The minimum Gasteiger partial charge on any atom is -0.318 e. The summed E-state index contributed by atoms with van der Waals surface area (Å²) in [5, 5.41) is 2.99. The van der Waals surface area contributed by atoms with Crippen molar-refractivity contribution in [1.82, 2.24) is 9.88 Å².